The quantitative estimate of drug-likeness (QED) is 0.0527. The van der Waals surface area contributed by atoms with Crippen LogP contribution in [0.4, 0.5) is 4.79 Å². The first-order valence-corrected chi connectivity index (χ1v) is 36.5. The number of fused-ring (bicyclic) bond motifs is 15. The number of carboxylic acids is 1. The minimum atomic E-state index is -2.33. The van der Waals surface area contributed by atoms with Crippen LogP contribution in [0.5, 0.6) is 46.0 Å². The lowest BCUT2D eigenvalue weighted by Crippen LogP contribution is -2.66. The number of rotatable bonds is 15. The Labute approximate surface area is 644 Å². The molecule has 1 aliphatic carbocycles. The molecule has 2 fully saturated rings. The first-order valence-electron chi connectivity index (χ1n) is 35.7. The van der Waals surface area contributed by atoms with Crippen molar-refractivity contribution in [3.63, 3.8) is 0 Å². The zero-order valence-electron chi connectivity index (χ0n) is 60.3. The summed E-state index contributed by atoms with van der Waals surface area (Å²) >= 11 is 14.2. The average molecular weight is 1590 g/mol. The van der Waals surface area contributed by atoms with Crippen molar-refractivity contribution in [2.75, 3.05) is 13.7 Å². The number of likely N-dealkylation sites (N-methyl/N-ethyl adjacent to an activating group) is 1. The molecule has 0 aromatic heterocycles. The Morgan fingerprint density at radius 3 is 1.99 bits per heavy atom. The second kappa shape index (κ2) is 34.8. The van der Waals surface area contributed by atoms with E-state index < -0.39 is 243 Å². The van der Waals surface area contributed by atoms with Crippen molar-refractivity contribution in [2.45, 2.75) is 194 Å². The van der Waals surface area contributed by atoms with E-state index in [1.165, 1.54) is 33.0 Å². The van der Waals surface area contributed by atoms with Crippen LogP contribution in [0, 0.1) is 5.92 Å². The van der Waals surface area contributed by atoms with E-state index in [1.807, 2.05) is 19.9 Å². The normalized spacial score (nSPS) is 29.6. The number of aromatic hydroxyl groups is 3. The Morgan fingerprint density at radius 2 is 1.35 bits per heavy atom. The van der Waals surface area contributed by atoms with E-state index >= 15 is 14.4 Å². The fourth-order valence-electron chi connectivity index (χ4n) is 14.2. The predicted octanol–water partition coefficient (Wildman–Crippen LogP) is 3.48. The maximum Gasteiger partial charge on any atom is 0.407 e. The Balaban J connectivity index is 1.11. The number of aldehydes is 1. The topological polar surface area (TPSA) is 517 Å². The molecule has 111 heavy (non-hydrogen) atoms. The highest BCUT2D eigenvalue weighted by atomic mass is 35.5. The number of phenols is 3. The number of carboxylic acid groups (broad SMARTS) is 1. The summed E-state index contributed by atoms with van der Waals surface area (Å²) in [4.78, 5) is 131. The van der Waals surface area contributed by atoms with Crippen molar-refractivity contribution in [2.24, 2.45) is 5.92 Å². The number of phenolic OH excluding ortho intramolecular Hbond substituents is 3. The summed E-state index contributed by atoms with van der Waals surface area (Å²) in [6.45, 7) is 5.61. The standard InChI is InChI=1S/C75H86Cl2N8O26/c1-31(2)21-44(78-5)67(97)83-57-59(91)34-14-17-47(41(76)23-34)107-49-25-36-26-50(63(49)111-73-64(62(94)61(93)51(30-87)109-73)110-52-29-75(4,65(95)32(3)105-52)85-74(104)106-38-11-9-7-6-8-10-12-38)108-48-18-15-35(24-42(48)77)60(92)58-71(101)82-56(72(102)103)40-27-37(88)28-46(90)53(40)39-22-33(13-16-45(39)89)54(68(98)84-58)81-69(99)55(36)80-66(96)43(19-20-86)79-70(57)100/h6-7,13-18,20,22-28,31-32,38,43-44,51-52,54-62,64-65,73,78,87-95H,8-12,19,21,29-30H2,1-5H3,(H,79,100)(H,80,96)(H,81,99)(H,82,101)(H,83,97)(H,84,98)(H,85,104)(H,102,103)/b7-6+/t32-,38?,43-,44+,51+,52-,54+,55+,56-,57+,58-,59+,60+,61+,62-,64+,65-,73-,75-/m0/s1. The molecule has 36 heteroatoms. The third kappa shape index (κ3) is 18.2. The second-order valence-electron chi connectivity index (χ2n) is 28.5. The van der Waals surface area contributed by atoms with Crippen molar-refractivity contribution >= 4 is 77.0 Å². The Bertz CT molecular complexity index is 4420. The maximum absolute atomic E-state index is 16.1. The van der Waals surface area contributed by atoms with Crippen LogP contribution in [0.25, 0.3) is 11.1 Å². The minimum absolute atomic E-state index is 0.0957. The van der Waals surface area contributed by atoms with Crippen LogP contribution in [0.15, 0.2) is 91.0 Å². The molecule has 5 aromatic carbocycles. The van der Waals surface area contributed by atoms with Crippen LogP contribution < -0.4 is 56.7 Å². The Morgan fingerprint density at radius 1 is 0.712 bits per heavy atom. The number of aliphatic hydroxyl groups is 6. The van der Waals surface area contributed by atoms with Crippen molar-refractivity contribution in [1.29, 1.82) is 0 Å². The maximum atomic E-state index is 16.1. The van der Waals surface area contributed by atoms with Crippen molar-refractivity contribution in [1.82, 2.24) is 42.5 Å². The largest absolute Gasteiger partial charge is 0.508 e. The molecular formula is C75H86Cl2N8O26. The smallest absolute Gasteiger partial charge is 0.407 e. The lowest BCUT2D eigenvalue weighted by atomic mass is 9.85. The van der Waals surface area contributed by atoms with Gasteiger partial charge in [0.1, 0.15) is 108 Å². The second-order valence-corrected chi connectivity index (χ2v) is 29.3. The molecule has 7 aliphatic heterocycles. The van der Waals surface area contributed by atoms with Gasteiger partial charge in [0.05, 0.1) is 34.3 Å². The third-order valence-corrected chi connectivity index (χ3v) is 20.6. The summed E-state index contributed by atoms with van der Waals surface area (Å²) in [5.74, 6) is -14.7. The number of ether oxygens (including phenoxy) is 7. The van der Waals surface area contributed by atoms with E-state index in [9.17, 15) is 79.8 Å². The van der Waals surface area contributed by atoms with Gasteiger partial charge in [0, 0.05) is 35.6 Å². The molecule has 1 unspecified atom stereocenters. The zero-order valence-corrected chi connectivity index (χ0v) is 61.8. The molecule has 11 bridgehead atoms. The number of amides is 7. The Kier molecular flexibility index (Phi) is 25.7. The number of nitrogens with one attached hydrogen (secondary N) is 8. The average Bonchev–Trinajstić information content (AvgIpc) is 0.769. The van der Waals surface area contributed by atoms with Gasteiger partial charge in [-0.1, -0.05) is 67.4 Å². The summed E-state index contributed by atoms with van der Waals surface area (Å²) in [6, 6.07) is -0.477. The van der Waals surface area contributed by atoms with E-state index in [4.69, 9.17) is 56.4 Å². The summed E-state index contributed by atoms with van der Waals surface area (Å²) < 4.78 is 44.9. The van der Waals surface area contributed by atoms with E-state index in [-0.39, 0.29) is 52.5 Å². The molecule has 2 saturated heterocycles. The fraction of sp³-hybridized carbons (Fsp3) is 0.453. The number of carbonyl (C=O) groups is 9. The van der Waals surface area contributed by atoms with E-state index in [0.717, 1.165) is 79.6 Å². The van der Waals surface area contributed by atoms with Gasteiger partial charge < -0.3 is 132 Å². The molecule has 19 atom stereocenters. The van der Waals surface area contributed by atoms with Gasteiger partial charge in [-0.25, -0.2) is 9.59 Å². The van der Waals surface area contributed by atoms with E-state index in [2.05, 4.69) is 48.6 Å². The molecule has 34 nitrogen and oxygen atoms in total. The SMILES string of the molecule is CN[C@H](CC(C)C)C(=O)N[C@H]1C(=O)N[C@@H](CC=O)C(=O)N[C@H]2C(=O)N[C@H]3C(=O)N[C@H](C(=O)N[C@H](C(=O)O)c4cc(O)cc(O)c4-c4cc3ccc4O)[C@H](O)c3ccc(c(Cl)c3)Oc3cc2cc(c3O[C@@H]2O[C@H](CO)[C@@H](O)[C@H](O)[C@H]2O[C@H]2C[C@](C)(NC(=O)OC3CC/C=C/CCC3)[C@@H](O)[C@H](C)O2)Oc2ccc(cc2Cl)[C@H]1O. The molecule has 596 valence electrons. The van der Waals surface area contributed by atoms with Gasteiger partial charge in [0.2, 0.25) is 47.5 Å². The highest BCUT2D eigenvalue weighted by molar-refractivity contribution is 6.32. The molecule has 0 radical (unpaired) electrons. The number of aliphatic hydroxyl groups excluding tert-OH is 6. The highest BCUT2D eigenvalue weighted by Crippen LogP contribution is 2.50. The molecule has 7 amide bonds. The molecule has 8 aliphatic rings. The van der Waals surface area contributed by atoms with Crippen LogP contribution in [-0.2, 0) is 57.3 Å². The minimum Gasteiger partial charge on any atom is -0.508 e. The first-order chi connectivity index (χ1) is 52.8. The molecule has 18 N–H and O–H groups in total. The third-order valence-electron chi connectivity index (χ3n) is 20.0. The van der Waals surface area contributed by atoms with Crippen LogP contribution in [-0.4, -0.2) is 204 Å². The number of allylic oxidation sites excluding steroid dienone is 2. The van der Waals surface area contributed by atoms with E-state index in [1.54, 1.807) is 0 Å². The lowest BCUT2D eigenvalue weighted by Gasteiger charge is -2.48. The molecule has 0 spiro atoms. The van der Waals surface area contributed by atoms with Gasteiger partial charge in [0.15, 0.2) is 29.9 Å². The first kappa shape index (κ1) is 82.0. The van der Waals surface area contributed by atoms with Gasteiger partial charge in [-0.15, -0.1) is 0 Å². The van der Waals surface area contributed by atoms with Crippen LogP contribution in [0.1, 0.15) is 137 Å². The van der Waals surface area contributed by atoms with Crippen LogP contribution in [0.2, 0.25) is 10.0 Å². The van der Waals surface area contributed by atoms with Crippen LogP contribution >= 0.6 is 23.2 Å². The highest BCUT2D eigenvalue weighted by Gasteiger charge is 2.53. The van der Waals surface area contributed by atoms with E-state index in [0.29, 0.717) is 19.3 Å². The number of benzene rings is 5. The van der Waals surface area contributed by atoms with Gasteiger partial charge in [-0.2, -0.15) is 0 Å². The Hall–Kier alpha value is -9.95. The zero-order chi connectivity index (χ0) is 80.2. The predicted molar refractivity (Wildman–Crippen MR) is 388 cm³/mol. The van der Waals surface area contributed by atoms with Gasteiger partial charge >= 0.3 is 12.1 Å². The number of carbonyl (C=O) groups excluding carboxylic acids is 8. The summed E-state index contributed by atoms with van der Waals surface area (Å²) in [7, 11) is 1.48. The van der Waals surface area contributed by atoms with Crippen LogP contribution in [0.3, 0.4) is 0 Å². The number of halogens is 2. The van der Waals surface area contributed by atoms with Gasteiger partial charge in [-0.05, 0) is 142 Å². The molecule has 0 saturated carbocycles. The molecule has 5 aromatic rings. The molecular weight excluding hydrogens is 1500 g/mol. The van der Waals surface area contributed by atoms with Crippen molar-refractivity contribution in [3.8, 4) is 57.1 Å². The monoisotopic (exact) mass is 1580 g/mol. The molecule has 7 heterocycles. The fourth-order valence-corrected chi connectivity index (χ4v) is 14.6. The number of alkyl carbamates (subject to hydrolysis) is 1. The summed E-state index contributed by atoms with van der Waals surface area (Å²) in [5.41, 5.74) is -4.44. The summed E-state index contributed by atoms with van der Waals surface area (Å²) in [6.07, 6.45) is -13.2. The van der Waals surface area contributed by atoms with Crippen molar-refractivity contribution in [3.05, 3.63) is 129 Å². The van der Waals surface area contributed by atoms with Gasteiger partial charge in [0.25, 0.3) is 0 Å². The number of hydrogen-bond donors (Lipinski definition) is 18. The number of hydrogen-bond acceptors (Lipinski definition) is 26. The van der Waals surface area contributed by atoms with Gasteiger partial charge in [-0.3, -0.25) is 28.8 Å². The van der Waals surface area contributed by atoms with Crippen molar-refractivity contribution < 1.29 is 127 Å². The molecule has 13 rings (SSSR count). The summed E-state index contributed by atoms with van der Waals surface area (Å²) in [5, 5.41) is 135. The lowest BCUT2D eigenvalue weighted by molar-refractivity contribution is -0.334. The number of aliphatic carboxylic acids is 1.